The van der Waals surface area contributed by atoms with Crippen LogP contribution in [0.2, 0.25) is 0 Å². The van der Waals surface area contributed by atoms with Gasteiger partial charge < -0.3 is 15.0 Å². The molecule has 7 heteroatoms. The summed E-state index contributed by atoms with van der Waals surface area (Å²) in [6, 6.07) is 4.47. The van der Waals surface area contributed by atoms with Gasteiger partial charge in [-0.3, -0.25) is 0 Å². The molecule has 0 fully saturated rings. The molecule has 96 valence electrons. The Hall–Kier alpha value is -1.31. The van der Waals surface area contributed by atoms with Crippen LogP contribution in [-0.4, -0.2) is 23.8 Å². The lowest BCUT2D eigenvalue weighted by atomic mass is 10.2. The Morgan fingerprint density at radius 3 is 2.94 bits per heavy atom. The van der Waals surface area contributed by atoms with Crippen molar-refractivity contribution in [3.63, 3.8) is 0 Å². The maximum absolute atomic E-state index is 13.1. The number of methoxy groups -OCH3 is 1. The van der Waals surface area contributed by atoms with Crippen LogP contribution >= 0.6 is 15.9 Å². The van der Waals surface area contributed by atoms with Crippen LogP contribution in [0.1, 0.15) is 12.0 Å². The van der Waals surface area contributed by atoms with E-state index in [9.17, 15) is 4.39 Å². The maximum Gasteiger partial charge on any atom is 0.257 e. The first-order valence-corrected chi connectivity index (χ1v) is 5.97. The highest BCUT2D eigenvalue weighted by molar-refractivity contribution is 9.10. The summed E-state index contributed by atoms with van der Waals surface area (Å²) in [7, 11) is 1.51. The summed E-state index contributed by atoms with van der Waals surface area (Å²) >= 11 is 3.10. The van der Waals surface area contributed by atoms with Crippen molar-refractivity contribution in [2.24, 2.45) is 5.73 Å². The molecule has 0 bridgehead atoms. The largest absolute Gasteiger partial charge is 0.370 e. The Labute approximate surface area is 111 Å². The van der Waals surface area contributed by atoms with E-state index < -0.39 is 6.10 Å². The summed E-state index contributed by atoms with van der Waals surface area (Å²) in [6.45, 7) is 0.241. The predicted octanol–water partition coefficient (Wildman–Crippen LogP) is 2.28. The van der Waals surface area contributed by atoms with E-state index >= 15 is 0 Å². The van der Waals surface area contributed by atoms with E-state index in [2.05, 4.69) is 26.1 Å². The minimum absolute atomic E-state index is 0.241. The van der Waals surface area contributed by atoms with Gasteiger partial charge in [0, 0.05) is 19.2 Å². The first kappa shape index (κ1) is 13.1. The lowest BCUT2D eigenvalue weighted by Crippen LogP contribution is -2.14. The van der Waals surface area contributed by atoms with Crippen molar-refractivity contribution in [3.05, 3.63) is 34.4 Å². The van der Waals surface area contributed by atoms with Gasteiger partial charge in [0.1, 0.15) is 11.9 Å². The highest BCUT2D eigenvalue weighted by Crippen LogP contribution is 2.24. The van der Waals surface area contributed by atoms with Crippen molar-refractivity contribution in [2.45, 2.75) is 6.10 Å². The Balaban J connectivity index is 2.31. The third kappa shape index (κ3) is 2.58. The van der Waals surface area contributed by atoms with Crippen molar-refractivity contribution in [3.8, 4) is 11.4 Å². The van der Waals surface area contributed by atoms with Crippen LogP contribution in [0.25, 0.3) is 11.4 Å². The average Bonchev–Trinajstić information content (AvgIpc) is 2.84. The van der Waals surface area contributed by atoms with Crippen LogP contribution in [0.5, 0.6) is 0 Å². The number of nitrogens with zero attached hydrogens (tertiary/aromatic N) is 2. The number of ether oxygens (including phenoxy) is 1. The molecule has 1 heterocycles. The fraction of sp³-hybridized carbons (Fsp3) is 0.273. The summed E-state index contributed by atoms with van der Waals surface area (Å²) in [5, 5.41) is 3.81. The zero-order valence-electron chi connectivity index (χ0n) is 9.56. The monoisotopic (exact) mass is 315 g/mol. The molecule has 2 rings (SSSR count). The second-order valence-corrected chi connectivity index (χ2v) is 4.40. The molecule has 18 heavy (non-hydrogen) atoms. The number of halogens is 2. The van der Waals surface area contributed by atoms with E-state index in [4.69, 9.17) is 15.0 Å². The fourth-order valence-electron chi connectivity index (χ4n) is 1.42. The molecule has 5 nitrogen and oxygen atoms in total. The van der Waals surface area contributed by atoms with Gasteiger partial charge in [-0.25, -0.2) is 4.39 Å². The Morgan fingerprint density at radius 2 is 2.33 bits per heavy atom. The maximum atomic E-state index is 13.1. The van der Waals surface area contributed by atoms with Crippen LogP contribution in [0.3, 0.4) is 0 Å². The zero-order chi connectivity index (χ0) is 13.1. The molecule has 1 aromatic heterocycles. The molecule has 0 radical (unpaired) electrons. The average molecular weight is 316 g/mol. The van der Waals surface area contributed by atoms with E-state index in [0.29, 0.717) is 21.8 Å². The van der Waals surface area contributed by atoms with Crippen molar-refractivity contribution in [1.29, 1.82) is 0 Å². The number of aromatic nitrogens is 2. The van der Waals surface area contributed by atoms with Crippen LogP contribution in [0, 0.1) is 5.82 Å². The van der Waals surface area contributed by atoms with Crippen molar-refractivity contribution >= 4 is 15.9 Å². The van der Waals surface area contributed by atoms with E-state index in [1.165, 1.54) is 13.2 Å². The molecule has 0 saturated carbocycles. The van der Waals surface area contributed by atoms with Crippen molar-refractivity contribution in [1.82, 2.24) is 10.1 Å². The van der Waals surface area contributed by atoms with Gasteiger partial charge in [0.05, 0.1) is 4.47 Å². The van der Waals surface area contributed by atoms with Gasteiger partial charge in [-0.05, 0) is 34.1 Å². The number of nitrogens with two attached hydrogens (primary N) is 1. The third-order valence-corrected chi connectivity index (χ3v) is 3.00. The lowest BCUT2D eigenvalue weighted by molar-refractivity contribution is 0.0804. The van der Waals surface area contributed by atoms with E-state index in [-0.39, 0.29) is 12.4 Å². The molecule has 2 aromatic rings. The van der Waals surface area contributed by atoms with Crippen molar-refractivity contribution < 1.29 is 13.7 Å². The molecule has 1 unspecified atom stereocenters. The van der Waals surface area contributed by atoms with E-state index in [1.54, 1.807) is 12.1 Å². The van der Waals surface area contributed by atoms with E-state index in [1.807, 2.05) is 0 Å². The summed E-state index contributed by atoms with van der Waals surface area (Å²) < 4.78 is 23.6. The Morgan fingerprint density at radius 1 is 1.56 bits per heavy atom. The number of rotatable bonds is 4. The normalized spacial score (nSPS) is 12.7. The molecule has 0 aliphatic carbocycles. The molecule has 0 aliphatic heterocycles. The number of hydrogen-bond donors (Lipinski definition) is 1. The predicted molar refractivity (Wildman–Crippen MR) is 66.2 cm³/mol. The van der Waals surface area contributed by atoms with Gasteiger partial charge in [-0.15, -0.1) is 0 Å². The summed E-state index contributed by atoms with van der Waals surface area (Å²) in [4.78, 5) is 4.17. The smallest absolute Gasteiger partial charge is 0.257 e. The molecule has 0 spiro atoms. The Bertz CT molecular complexity index is 543. The molecule has 0 amide bonds. The Kier molecular flexibility index (Phi) is 4.05. The van der Waals surface area contributed by atoms with Gasteiger partial charge in [0.2, 0.25) is 5.82 Å². The van der Waals surface area contributed by atoms with Gasteiger partial charge in [-0.1, -0.05) is 5.16 Å². The van der Waals surface area contributed by atoms with Crippen LogP contribution in [-0.2, 0) is 4.74 Å². The highest BCUT2D eigenvalue weighted by atomic mass is 79.9. The molecule has 0 aliphatic rings. The standard InChI is InChI=1S/C11H11BrFN3O2/c1-17-9(5-14)11-15-10(16-18-11)6-2-3-8(13)7(12)4-6/h2-4,9H,5,14H2,1H3. The van der Waals surface area contributed by atoms with Crippen LogP contribution in [0.15, 0.2) is 27.2 Å². The van der Waals surface area contributed by atoms with Crippen LogP contribution < -0.4 is 5.73 Å². The highest BCUT2D eigenvalue weighted by Gasteiger charge is 2.17. The second-order valence-electron chi connectivity index (χ2n) is 3.55. The zero-order valence-corrected chi connectivity index (χ0v) is 11.1. The SMILES string of the molecule is COC(CN)c1nc(-c2ccc(F)c(Br)c2)no1. The summed E-state index contributed by atoms with van der Waals surface area (Å²) in [6.07, 6.45) is -0.435. The molecular formula is C11H11BrFN3O2. The van der Waals surface area contributed by atoms with E-state index in [0.717, 1.165) is 0 Å². The second kappa shape index (κ2) is 5.55. The minimum Gasteiger partial charge on any atom is -0.370 e. The first-order valence-electron chi connectivity index (χ1n) is 5.17. The fourth-order valence-corrected chi connectivity index (χ4v) is 1.80. The molecular weight excluding hydrogens is 305 g/mol. The topological polar surface area (TPSA) is 74.2 Å². The van der Waals surface area contributed by atoms with Gasteiger partial charge >= 0.3 is 0 Å². The van der Waals surface area contributed by atoms with Crippen LogP contribution in [0.4, 0.5) is 4.39 Å². The number of benzene rings is 1. The first-order chi connectivity index (χ1) is 8.65. The molecule has 0 saturated heterocycles. The number of hydrogen-bond acceptors (Lipinski definition) is 5. The summed E-state index contributed by atoms with van der Waals surface area (Å²) in [5.74, 6) is 0.316. The lowest BCUT2D eigenvalue weighted by Gasteiger charge is -2.05. The molecule has 2 N–H and O–H groups in total. The van der Waals surface area contributed by atoms with Gasteiger partial charge in [0.25, 0.3) is 5.89 Å². The van der Waals surface area contributed by atoms with Gasteiger partial charge in [-0.2, -0.15) is 4.98 Å². The third-order valence-electron chi connectivity index (χ3n) is 2.39. The van der Waals surface area contributed by atoms with Crippen molar-refractivity contribution in [2.75, 3.05) is 13.7 Å². The minimum atomic E-state index is -0.435. The van der Waals surface area contributed by atoms with Gasteiger partial charge in [0.15, 0.2) is 0 Å². The molecule has 1 aromatic carbocycles. The molecule has 1 atom stereocenters. The quantitative estimate of drug-likeness (QED) is 0.937. The summed E-state index contributed by atoms with van der Waals surface area (Å²) in [5.41, 5.74) is 6.14.